The normalized spacial score (nSPS) is 11.1. The van der Waals surface area contributed by atoms with Crippen LogP contribution < -0.4 is 5.01 Å². The number of hydrogen-bond acceptors (Lipinski definition) is 4. The van der Waals surface area contributed by atoms with Crippen LogP contribution in [0.25, 0.3) is 11.2 Å². The Labute approximate surface area is 137 Å². The molecule has 6 nitrogen and oxygen atoms in total. The summed E-state index contributed by atoms with van der Waals surface area (Å²) in [7, 11) is 1.90. The Hall–Kier alpha value is -3.22. The zero-order chi connectivity index (χ0) is 16.5. The van der Waals surface area contributed by atoms with Gasteiger partial charge in [0.25, 0.3) is 0 Å². The summed E-state index contributed by atoms with van der Waals surface area (Å²) in [5, 5.41) is 1.88. The Balaban J connectivity index is 1.75. The van der Waals surface area contributed by atoms with Gasteiger partial charge in [-0.2, -0.15) is 0 Å². The third-order valence-electron chi connectivity index (χ3n) is 3.92. The lowest BCUT2D eigenvalue weighted by molar-refractivity contribution is 0.601. The van der Waals surface area contributed by atoms with Crippen LogP contribution in [0.5, 0.6) is 0 Å². The second-order valence-electron chi connectivity index (χ2n) is 5.42. The van der Waals surface area contributed by atoms with E-state index in [1.807, 2.05) is 51.9 Å². The standard InChI is InChI=1S/C17H15FN6/c1-22(24-8-4-5-9-24)16-15-17(20-11-19-16)23(12-21-15)10-13-6-2-3-7-14(13)18/h2-9,11-12H,10H2,1H3. The number of benzene rings is 1. The van der Waals surface area contributed by atoms with Gasteiger partial charge in [0.15, 0.2) is 17.0 Å². The van der Waals surface area contributed by atoms with Gasteiger partial charge in [0.05, 0.1) is 12.9 Å². The van der Waals surface area contributed by atoms with E-state index in [1.54, 1.807) is 18.5 Å². The molecule has 0 saturated heterocycles. The monoisotopic (exact) mass is 322 g/mol. The van der Waals surface area contributed by atoms with Crippen molar-refractivity contribution in [3.63, 3.8) is 0 Å². The lowest BCUT2D eigenvalue weighted by Crippen LogP contribution is -2.24. The van der Waals surface area contributed by atoms with Crippen LogP contribution in [0.15, 0.2) is 61.4 Å². The molecule has 0 bridgehead atoms. The summed E-state index contributed by atoms with van der Waals surface area (Å²) in [6.45, 7) is 0.368. The lowest BCUT2D eigenvalue weighted by atomic mass is 10.2. The molecule has 0 aliphatic rings. The predicted octanol–water partition coefficient (Wildman–Crippen LogP) is 2.71. The van der Waals surface area contributed by atoms with Crippen LogP contribution in [-0.4, -0.2) is 31.2 Å². The molecule has 0 aliphatic heterocycles. The van der Waals surface area contributed by atoms with Crippen LogP contribution in [0.2, 0.25) is 0 Å². The molecule has 0 spiro atoms. The minimum absolute atomic E-state index is 0.238. The Kier molecular flexibility index (Phi) is 3.45. The molecule has 0 radical (unpaired) electrons. The highest BCUT2D eigenvalue weighted by molar-refractivity contribution is 5.83. The molecule has 4 rings (SSSR count). The van der Waals surface area contributed by atoms with Gasteiger partial charge in [0.2, 0.25) is 0 Å². The van der Waals surface area contributed by atoms with Crippen molar-refractivity contribution in [2.75, 3.05) is 12.1 Å². The molecule has 0 atom stereocenters. The van der Waals surface area contributed by atoms with Crippen LogP contribution in [0.3, 0.4) is 0 Å². The van der Waals surface area contributed by atoms with Crippen molar-refractivity contribution >= 4 is 17.0 Å². The molecule has 3 aromatic heterocycles. The van der Waals surface area contributed by atoms with Crippen molar-refractivity contribution in [3.05, 3.63) is 72.8 Å². The fourth-order valence-corrected chi connectivity index (χ4v) is 2.67. The van der Waals surface area contributed by atoms with E-state index in [1.165, 1.54) is 12.4 Å². The number of rotatable bonds is 4. The Morgan fingerprint density at radius 2 is 1.83 bits per heavy atom. The molecule has 0 amide bonds. The highest BCUT2D eigenvalue weighted by atomic mass is 19.1. The van der Waals surface area contributed by atoms with E-state index < -0.39 is 0 Å². The topological polar surface area (TPSA) is 51.8 Å². The average Bonchev–Trinajstić information content (AvgIpc) is 3.26. The van der Waals surface area contributed by atoms with Crippen LogP contribution in [0, 0.1) is 5.82 Å². The molecule has 0 fully saturated rings. The number of nitrogens with zero attached hydrogens (tertiary/aromatic N) is 6. The molecule has 3 heterocycles. The molecule has 1 aromatic carbocycles. The summed E-state index contributed by atoms with van der Waals surface area (Å²) in [6.07, 6.45) is 7.00. The number of aromatic nitrogens is 5. The van der Waals surface area contributed by atoms with Gasteiger partial charge < -0.3 is 4.57 Å². The van der Waals surface area contributed by atoms with E-state index in [0.717, 1.165) is 0 Å². The van der Waals surface area contributed by atoms with Crippen molar-refractivity contribution in [3.8, 4) is 0 Å². The number of fused-ring (bicyclic) bond motifs is 1. The molecular weight excluding hydrogens is 307 g/mol. The Morgan fingerprint density at radius 1 is 1.04 bits per heavy atom. The fraction of sp³-hybridized carbons (Fsp3) is 0.118. The summed E-state index contributed by atoms with van der Waals surface area (Å²) >= 11 is 0. The Bertz CT molecular complexity index is 976. The fourth-order valence-electron chi connectivity index (χ4n) is 2.67. The van der Waals surface area contributed by atoms with E-state index in [4.69, 9.17) is 0 Å². The number of hydrogen-bond donors (Lipinski definition) is 0. The van der Waals surface area contributed by atoms with Gasteiger partial charge >= 0.3 is 0 Å². The molecule has 0 N–H and O–H groups in total. The highest BCUT2D eigenvalue weighted by Gasteiger charge is 2.15. The third-order valence-corrected chi connectivity index (χ3v) is 3.92. The number of anilines is 1. The smallest absolute Gasteiger partial charge is 0.178 e. The van der Waals surface area contributed by atoms with E-state index in [9.17, 15) is 4.39 Å². The van der Waals surface area contributed by atoms with Crippen molar-refractivity contribution in [2.45, 2.75) is 6.54 Å². The summed E-state index contributed by atoms with van der Waals surface area (Å²) in [4.78, 5) is 13.1. The first kappa shape index (κ1) is 14.4. The molecule has 24 heavy (non-hydrogen) atoms. The van der Waals surface area contributed by atoms with Gasteiger partial charge in [-0.25, -0.2) is 19.3 Å². The van der Waals surface area contributed by atoms with Crippen molar-refractivity contribution in [2.24, 2.45) is 0 Å². The minimum Gasteiger partial charge on any atom is -0.311 e. The lowest BCUT2D eigenvalue weighted by Gasteiger charge is -2.19. The van der Waals surface area contributed by atoms with Crippen molar-refractivity contribution < 1.29 is 4.39 Å². The van der Waals surface area contributed by atoms with Gasteiger partial charge in [-0.15, -0.1) is 0 Å². The minimum atomic E-state index is -0.238. The van der Waals surface area contributed by atoms with Gasteiger partial charge in [-0.1, -0.05) is 18.2 Å². The molecule has 7 heteroatoms. The first-order valence-electron chi connectivity index (χ1n) is 7.50. The van der Waals surface area contributed by atoms with E-state index in [-0.39, 0.29) is 5.82 Å². The molecule has 120 valence electrons. The van der Waals surface area contributed by atoms with E-state index in [0.29, 0.717) is 29.1 Å². The van der Waals surface area contributed by atoms with Gasteiger partial charge in [-0.05, 0) is 18.2 Å². The quantitative estimate of drug-likeness (QED) is 0.580. The molecule has 0 saturated carbocycles. The molecular formula is C17H15FN6. The maximum Gasteiger partial charge on any atom is 0.178 e. The van der Waals surface area contributed by atoms with E-state index >= 15 is 0 Å². The third kappa shape index (κ3) is 2.40. The van der Waals surface area contributed by atoms with Crippen LogP contribution >= 0.6 is 0 Å². The first-order chi connectivity index (χ1) is 11.7. The Morgan fingerprint density at radius 3 is 2.62 bits per heavy atom. The second kappa shape index (κ2) is 5.77. The number of halogens is 1. The maximum absolute atomic E-state index is 13.9. The molecule has 4 aromatic rings. The summed E-state index contributed by atoms with van der Waals surface area (Å²) in [5.74, 6) is 0.446. The van der Waals surface area contributed by atoms with Gasteiger partial charge in [0, 0.05) is 25.0 Å². The van der Waals surface area contributed by atoms with Crippen LogP contribution in [-0.2, 0) is 6.54 Å². The first-order valence-corrected chi connectivity index (χ1v) is 7.50. The predicted molar refractivity (Wildman–Crippen MR) is 89.1 cm³/mol. The molecule has 0 aliphatic carbocycles. The maximum atomic E-state index is 13.9. The zero-order valence-corrected chi connectivity index (χ0v) is 13.0. The summed E-state index contributed by atoms with van der Waals surface area (Å²) in [6, 6.07) is 10.6. The second-order valence-corrected chi connectivity index (χ2v) is 5.42. The summed E-state index contributed by atoms with van der Waals surface area (Å²) < 4.78 is 17.6. The van der Waals surface area contributed by atoms with Gasteiger partial charge in [-0.3, -0.25) is 9.69 Å². The highest BCUT2D eigenvalue weighted by Crippen LogP contribution is 2.22. The average molecular weight is 322 g/mol. The molecule has 0 unspecified atom stereocenters. The van der Waals surface area contributed by atoms with Gasteiger partial charge in [0.1, 0.15) is 12.1 Å². The number of imidazole rings is 1. The van der Waals surface area contributed by atoms with Crippen molar-refractivity contribution in [1.29, 1.82) is 0 Å². The van der Waals surface area contributed by atoms with Crippen LogP contribution in [0.1, 0.15) is 5.56 Å². The largest absolute Gasteiger partial charge is 0.311 e. The summed E-state index contributed by atoms with van der Waals surface area (Å²) in [5.41, 5.74) is 1.93. The SMILES string of the molecule is CN(c1ncnc2c1ncn2Cc1ccccc1F)n1cccc1. The van der Waals surface area contributed by atoms with E-state index in [2.05, 4.69) is 15.0 Å². The van der Waals surface area contributed by atoms with Crippen LogP contribution in [0.4, 0.5) is 10.2 Å². The zero-order valence-electron chi connectivity index (χ0n) is 13.0. The van der Waals surface area contributed by atoms with Crippen molar-refractivity contribution in [1.82, 2.24) is 24.2 Å².